The maximum absolute atomic E-state index is 10.1. The van der Waals surface area contributed by atoms with Gasteiger partial charge in [-0.1, -0.05) is 271 Å². The normalized spacial score (nSPS) is 10.7. The lowest BCUT2D eigenvalue weighted by atomic mass is 9.97. The molecule has 123 heavy (non-hydrogen) atoms. The van der Waals surface area contributed by atoms with Gasteiger partial charge < -0.3 is 13.7 Å². The molecule has 0 N–H and O–H groups in total. The summed E-state index contributed by atoms with van der Waals surface area (Å²) in [6.45, 7) is 8.88. The summed E-state index contributed by atoms with van der Waals surface area (Å²) < 4.78 is 7.90. The standard InChI is InChI=1S/C114H105N9/c1-4-7-10-13-16-19-22-25-28-31-72-121-106-77-100(67-61-88-40-52-94(82-118)53-41-88)98(65-59-86-36-48-92(80-116)49-37-86)75-104(106)109-112(121)108-103-71-69-97(64-58-85-34-46-91(79-115)47-35-85)102(70-63-90-44-56-96(84-120)57-45-90)111(103)123(74-33-30-27-24-21-18-15-12-9-6-3)114(108)110-105-76-99(66-60-87-38-50-93(81-117)51-39-87)101(68-62-89-42-54-95(83-119)55-43-89)78-107(105)122(113(109)110)73-32-29-26-23-20-17-14-11-8-5-2/h34-57,69,71,75-78H,4-33,72-74H2,1-3H3. The van der Waals surface area contributed by atoms with Crippen LogP contribution in [0.3, 0.4) is 0 Å². The molecule has 0 unspecified atom stereocenters. The largest absolute Gasteiger partial charge is 0.340 e. The number of unbranched alkanes of at least 4 members (excludes halogenated alkanes) is 27. The Morgan fingerprint density at radius 2 is 0.415 bits per heavy atom. The van der Waals surface area contributed by atoms with Crippen molar-refractivity contribution in [2.45, 2.75) is 233 Å². The Morgan fingerprint density at radius 3 is 0.691 bits per heavy atom. The molecule has 9 nitrogen and oxygen atoms in total. The van der Waals surface area contributed by atoms with E-state index in [4.69, 9.17) is 0 Å². The van der Waals surface area contributed by atoms with Crippen LogP contribution in [0, 0.1) is 139 Å². The molecule has 0 radical (unpaired) electrons. The van der Waals surface area contributed by atoms with E-state index in [9.17, 15) is 31.6 Å². The van der Waals surface area contributed by atoms with Crippen LogP contribution >= 0.6 is 0 Å². The van der Waals surface area contributed by atoms with Gasteiger partial charge in [-0.15, -0.1) is 0 Å². The predicted octanol–water partition coefficient (Wildman–Crippen LogP) is 27.4. The van der Waals surface area contributed by atoms with Crippen LogP contribution in [0.5, 0.6) is 0 Å². The van der Waals surface area contributed by atoms with Gasteiger partial charge in [0, 0.05) is 113 Å². The average Bonchev–Trinajstić information content (AvgIpc) is 1.51. The number of hydrogen-bond acceptors (Lipinski definition) is 6. The molecule has 0 aliphatic heterocycles. The molecule has 3 heterocycles. The van der Waals surface area contributed by atoms with Gasteiger partial charge in [0.1, 0.15) is 0 Å². The SMILES string of the molecule is CCCCCCCCCCCCn1c2cc(C#Cc3ccc(C#N)cc3)c(C#Cc3ccc(C#N)cc3)cc2c2c1c1c3ccc(C#Cc4ccc(C#N)cc4)c(C#Cc4ccc(C#N)cc4)c3n(CCCCCCCCCCCC)c1c1c3cc(C#Cc4ccc(C#N)cc4)c(C#Cc4ccc(C#N)cc4)cc3n(CCCCCCCCCCCC)c21. The molecule has 0 amide bonds. The fourth-order valence-electron chi connectivity index (χ4n) is 16.9. The number of fused-ring (bicyclic) bond motifs is 12. The minimum Gasteiger partial charge on any atom is -0.340 e. The molecule has 0 saturated carbocycles. The van der Waals surface area contributed by atoms with Crippen molar-refractivity contribution >= 4 is 65.4 Å². The van der Waals surface area contributed by atoms with Gasteiger partial charge in [0.25, 0.3) is 0 Å². The molecule has 0 spiro atoms. The van der Waals surface area contributed by atoms with E-state index >= 15 is 0 Å². The third-order valence-corrected chi connectivity index (χ3v) is 23.7. The maximum Gasteiger partial charge on any atom is 0.0991 e. The minimum atomic E-state index is 0.547. The zero-order valence-electron chi connectivity index (χ0n) is 71.7. The summed E-state index contributed by atoms with van der Waals surface area (Å²) >= 11 is 0. The summed E-state index contributed by atoms with van der Waals surface area (Å²) in [5.74, 6) is 43.6. The van der Waals surface area contributed by atoms with E-state index in [-0.39, 0.29) is 0 Å². The summed E-state index contributed by atoms with van der Waals surface area (Å²) in [5.41, 5.74) is 18.7. The molecule has 606 valence electrons. The van der Waals surface area contributed by atoms with Crippen molar-refractivity contribution in [1.82, 2.24) is 13.7 Å². The first-order chi connectivity index (χ1) is 60.7. The number of aryl methyl sites for hydroxylation is 3. The van der Waals surface area contributed by atoms with Gasteiger partial charge in [-0.2, -0.15) is 31.6 Å². The molecule has 3 aromatic heterocycles. The Labute approximate surface area is 728 Å². The Morgan fingerprint density at radius 1 is 0.195 bits per heavy atom. The van der Waals surface area contributed by atoms with Crippen LogP contribution in [0.1, 0.15) is 314 Å². The highest BCUT2D eigenvalue weighted by atomic mass is 15.0. The predicted molar refractivity (Wildman–Crippen MR) is 504 cm³/mol. The Hall–Kier alpha value is -14.1. The monoisotopic (exact) mass is 1600 g/mol. The summed E-state index contributed by atoms with van der Waals surface area (Å²) in [6, 6.07) is 72.0. The highest BCUT2D eigenvalue weighted by molar-refractivity contribution is 6.40. The molecular weight excluding hydrogens is 1500 g/mol. The summed E-state index contributed by atoms with van der Waals surface area (Å²) in [7, 11) is 0. The summed E-state index contributed by atoms with van der Waals surface area (Å²) in [6.07, 6.45) is 35.1. The van der Waals surface area contributed by atoms with Crippen LogP contribution < -0.4 is 0 Å². The highest BCUT2D eigenvalue weighted by Gasteiger charge is 2.30. The van der Waals surface area contributed by atoms with Gasteiger partial charge in [-0.05, 0) is 195 Å². The highest BCUT2D eigenvalue weighted by Crippen LogP contribution is 2.50. The molecule has 0 fully saturated rings. The Kier molecular flexibility index (Phi) is 31.6. The van der Waals surface area contributed by atoms with Crippen molar-refractivity contribution in [3.63, 3.8) is 0 Å². The molecule has 0 aliphatic rings. The molecule has 10 aromatic carbocycles. The number of nitrogens with zero attached hydrogens (tertiary/aromatic N) is 9. The van der Waals surface area contributed by atoms with Crippen molar-refractivity contribution in [3.05, 3.63) is 282 Å². The van der Waals surface area contributed by atoms with Gasteiger partial charge >= 0.3 is 0 Å². The van der Waals surface area contributed by atoms with Crippen molar-refractivity contribution in [2.75, 3.05) is 0 Å². The minimum absolute atomic E-state index is 0.547. The lowest BCUT2D eigenvalue weighted by Gasteiger charge is -2.14. The maximum atomic E-state index is 10.1. The van der Waals surface area contributed by atoms with Gasteiger partial charge in [0.05, 0.1) is 108 Å². The number of rotatable bonds is 33. The second kappa shape index (κ2) is 44.8. The van der Waals surface area contributed by atoms with Crippen LogP contribution in [0.4, 0.5) is 0 Å². The zero-order chi connectivity index (χ0) is 85.3. The quantitative estimate of drug-likeness (QED) is 0.0294. The molecule has 0 atom stereocenters. The van der Waals surface area contributed by atoms with Gasteiger partial charge in [-0.25, -0.2) is 0 Å². The second-order valence-corrected chi connectivity index (χ2v) is 32.5. The van der Waals surface area contributed by atoms with Crippen LogP contribution in [-0.2, 0) is 19.6 Å². The molecule has 0 aliphatic carbocycles. The number of hydrogen-bond donors (Lipinski definition) is 0. The van der Waals surface area contributed by atoms with Gasteiger partial charge in [0.2, 0.25) is 0 Å². The van der Waals surface area contributed by atoms with E-state index < -0.39 is 0 Å². The fraction of sp³-hybridized carbons (Fsp3) is 0.316. The van der Waals surface area contributed by atoms with E-state index in [1.165, 1.54) is 128 Å². The average molecular weight is 1600 g/mol. The van der Waals surface area contributed by atoms with Crippen molar-refractivity contribution in [1.29, 1.82) is 31.6 Å². The molecule has 13 rings (SSSR count). The first-order valence-electron chi connectivity index (χ1n) is 44.9. The van der Waals surface area contributed by atoms with E-state index in [2.05, 4.69) is 178 Å². The number of aromatic nitrogens is 3. The van der Waals surface area contributed by atoms with Crippen LogP contribution in [-0.4, -0.2) is 13.7 Å². The van der Waals surface area contributed by atoms with Gasteiger partial charge in [0.15, 0.2) is 0 Å². The van der Waals surface area contributed by atoms with Crippen molar-refractivity contribution < 1.29 is 0 Å². The van der Waals surface area contributed by atoms with Crippen LogP contribution in [0.2, 0.25) is 0 Å². The fourth-order valence-corrected chi connectivity index (χ4v) is 16.9. The van der Waals surface area contributed by atoms with Crippen molar-refractivity contribution in [3.8, 4) is 107 Å². The van der Waals surface area contributed by atoms with E-state index in [0.717, 1.165) is 196 Å². The zero-order valence-corrected chi connectivity index (χ0v) is 71.7. The van der Waals surface area contributed by atoms with E-state index in [1.54, 1.807) is 0 Å². The van der Waals surface area contributed by atoms with E-state index in [1.807, 2.05) is 146 Å². The van der Waals surface area contributed by atoms with Gasteiger partial charge in [-0.3, -0.25) is 0 Å². The summed E-state index contributed by atoms with van der Waals surface area (Å²) in [4.78, 5) is 0. The Bertz CT molecular complexity index is 6560. The van der Waals surface area contributed by atoms with Crippen molar-refractivity contribution in [2.24, 2.45) is 0 Å². The van der Waals surface area contributed by atoms with Crippen LogP contribution in [0.25, 0.3) is 65.4 Å². The first-order valence-corrected chi connectivity index (χ1v) is 44.9. The lowest BCUT2D eigenvalue weighted by Crippen LogP contribution is -2.03. The molecule has 13 aromatic rings. The van der Waals surface area contributed by atoms with E-state index in [0.29, 0.717) is 53.0 Å². The molecule has 0 bridgehead atoms. The topological polar surface area (TPSA) is 158 Å². The molecular formula is C114H105N9. The smallest absolute Gasteiger partial charge is 0.0991 e. The number of benzene rings is 10. The number of nitriles is 6. The molecule has 0 saturated heterocycles. The third-order valence-electron chi connectivity index (χ3n) is 23.7. The second-order valence-electron chi connectivity index (χ2n) is 32.5. The van der Waals surface area contributed by atoms with Crippen LogP contribution in [0.15, 0.2) is 182 Å². The lowest BCUT2D eigenvalue weighted by molar-refractivity contribution is 0.541. The first kappa shape index (κ1) is 86.7. The third kappa shape index (κ3) is 22.3. The summed E-state index contributed by atoms with van der Waals surface area (Å²) in [5, 5.41) is 66.2. The Balaban J connectivity index is 1.20. The molecule has 9 heteroatoms.